The van der Waals surface area contributed by atoms with Crippen LogP contribution in [0.15, 0.2) is 24.3 Å². The molecule has 0 radical (unpaired) electrons. The zero-order valence-corrected chi connectivity index (χ0v) is 15.6. The molecule has 0 saturated carbocycles. The highest BCUT2D eigenvalue weighted by Crippen LogP contribution is 2.21. The largest absolute Gasteiger partial charge is 0.497 e. The molecule has 1 aromatic rings. The van der Waals surface area contributed by atoms with E-state index >= 15 is 0 Å². The van der Waals surface area contributed by atoms with Gasteiger partial charge in [0, 0.05) is 19.5 Å². The molecule has 0 saturated heterocycles. The van der Waals surface area contributed by atoms with Gasteiger partial charge in [0.25, 0.3) is 0 Å². The van der Waals surface area contributed by atoms with Crippen LogP contribution < -0.4 is 14.4 Å². The third kappa shape index (κ3) is 7.18. The summed E-state index contributed by atoms with van der Waals surface area (Å²) in [6.45, 7) is 1.57. The number of sulfonamides is 1. The highest BCUT2D eigenvalue weighted by molar-refractivity contribution is 7.92. The standard InChI is InChI=1S/C16H27N3O4S/c1-18(2)12-5-11-17-16(20)10-13-19(24(4,21)22)14-6-8-15(23-3)9-7-14/h6-9H,5,10-13H2,1-4H3,(H,17,20). The molecule has 0 aromatic heterocycles. The fraction of sp³-hybridized carbons (Fsp3) is 0.562. The van der Waals surface area contributed by atoms with Crippen LogP contribution >= 0.6 is 0 Å². The van der Waals surface area contributed by atoms with Gasteiger partial charge < -0.3 is 15.0 Å². The smallest absolute Gasteiger partial charge is 0.232 e. The third-order valence-corrected chi connectivity index (χ3v) is 4.60. The zero-order chi connectivity index (χ0) is 18.2. The number of rotatable bonds is 10. The van der Waals surface area contributed by atoms with Crippen molar-refractivity contribution in [2.45, 2.75) is 12.8 Å². The molecule has 1 N–H and O–H groups in total. The van der Waals surface area contributed by atoms with Gasteiger partial charge in [0.1, 0.15) is 5.75 Å². The Morgan fingerprint density at radius 3 is 2.29 bits per heavy atom. The maximum atomic E-state index is 12.0. The van der Waals surface area contributed by atoms with E-state index in [0.29, 0.717) is 18.0 Å². The number of carbonyl (C=O) groups is 1. The Morgan fingerprint density at radius 2 is 1.79 bits per heavy atom. The van der Waals surface area contributed by atoms with E-state index < -0.39 is 10.0 Å². The minimum Gasteiger partial charge on any atom is -0.497 e. The van der Waals surface area contributed by atoms with Crippen molar-refractivity contribution >= 4 is 21.6 Å². The number of nitrogens with zero attached hydrogens (tertiary/aromatic N) is 2. The molecule has 1 aromatic carbocycles. The number of nitrogens with one attached hydrogen (secondary N) is 1. The predicted octanol–water partition coefficient (Wildman–Crippen LogP) is 0.919. The van der Waals surface area contributed by atoms with Gasteiger partial charge in [0.05, 0.1) is 19.1 Å². The maximum absolute atomic E-state index is 12.0. The Bertz CT molecular complexity index is 615. The van der Waals surface area contributed by atoms with Gasteiger partial charge in [0.2, 0.25) is 15.9 Å². The molecule has 1 rings (SSSR count). The molecule has 0 fully saturated rings. The summed E-state index contributed by atoms with van der Waals surface area (Å²) >= 11 is 0. The van der Waals surface area contributed by atoms with Crippen molar-refractivity contribution in [3.05, 3.63) is 24.3 Å². The predicted molar refractivity (Wildman–Crippen MR) is 96.0 cm³/mol. The number of benzene rings is 1. The average molecular weight is 357 g/mol. The van der Waals surface area contributed by atoms with E-state index in [1.54, 1.807) is 31.4 Å². The van der Waals surface area contributed by atoms with E-state index in [1.165, 1.54) is 4.31 Å². The molecule has 0 aliphatic carbocycles. The van der Waals surface area contributed by atoms with Crippen molar-refractivity contribution in [3.63, 3.8) is 0 Å². The first-order chi connectivity index (χ1) is 11.2. The van der Waals surface area contributed by atoms with Crippen molar-refractivity contribution < 1.29 is 17.9 Å². The Kier molecular flexibility index (Phi) is 8.00. The normalized spacial score (nSPS) is 11.4. The molecule has 0 spiro atoms. The highest BCUT2D eigenvalue weighted by Gasteiger charge is 2.18. The molecule has 0 bridgehead atoms. The van der Waals surface area contributed by atoms with Crippen molar-refractivity contribution in [2.75, 3.05) is 51.4 Å². The number of carbonyl (C=O) groups excluding carboxylic acids is 1. The van der Waals surface area contributed by atoms with Gasteiger partial charge in [-0.25, -0.2) is 8.42 Å². The summed E-state index contributed by atoms with van der Waals surface area (Å²) in [5, 5.41) is 2.81. The first kappa shape index (κ1) is 20.2. The van der Waals surface area contributed by atoms with E-state index in [4.69, 9.17) is 4.74 Å². The number of ether oxygens (including phenoxy) is 1. The Hall–Kier alpha value is -1.80. The quantitative estimate of drug-likeness (QED) is 0.630. The summed E-state index contributed by atoms with van der Waals surface area (Å²) in [6.07, 6.45) is 2.10. The molecule has 8 heteroatoms. The second kappa shape index (κ2) is 9.48. The highest BCUT2D eigenvalue weighted by atomic mass is 32.2. The molecule has 1 amide bonds. The topological polar surface area (TPSA) is 79.0 Å². The van der Waals surface area contributed by atoms with Gasteiger partial charge in [-0.1, -0.05) is 0 Å². The van der Waals surface area contributed by atoms with Gasteiger partial charge in [0.15, 0.2) is 0 Å². The molecular weight excluding hydrogens is 330 g/mol. The van der Waals surface area contributed by atoms with Crippen LogP contribution in [0.1, 0.15) is 12.8 Å². The lowest BCUT2D eigenvalue weighted by Gasteiger charge is -2.22. The minimum absolute atomic E-state index is 0.102. The van der Waals surface area contributed by atoms with Crippen molar-refractivity contribution in [1.29, 1.82) is 0 Å². The molecule has 24 heavy (non-hydrogen) atoms. The van der Waals surface area contributed by atoms with Crippen LogP contribution in [-0.4, -0.2) is 66.3 Å². The Morgan fingerprint density at radius 1 is 1.17 bits per heavy atom. The average Bonchev–Trinajstić information content (AvgIpc) is 2.51. The van der Waals surface area contributed by atoms with Gasteiger partial charge in [-0.2, -0.15) is 0 Å². The number of amides is 1. The van der Waals surface area contributed by atoms with E-state index in [-0.39, 0.29) is 18.9 Å². The molecule has 0 aliphatic heterocycles. The minimum atomic E-state index is -3.46. The third-order valence-electron chi connectivity index (χ3n) is 3.41. The monoisotopic (exact) mass is 357 g/mol. The molecule has 0 unspecified atom stereocenters. The second-order valence-corrected chi connectivity index (χ2v) is 7.70. The summed E-state index contributed by atoms with van der Waals surface area (Å²) in [7, 11) is 2.03. The van der Waals surface area contributed by atoms with Crippen LogP contribution in [0.25, 0.3) is 0 Å². The molecule has 0 aliphatic rings. The summed E-state index contributed by atoms with van der Waals surface area (Å²) in [5.74, 6) is 0.488. The van der Waals surface area contributed by atoms with Crippen LogP contribution in [0.5, 0.6) is 5.75 Å². The van der Waals surface area contributed by atoms with Gasteiger partial charge in [-0.05, 0) is 51.3 Å². The lowest BCUT2D eigenvalue weighted by Crippen LogP contribution is -2.35. The fourth-order valence-electron chi connectivity index (χ4n) is 2.15. The van der Waals surface area contributed by atoms with E-state index in [9.17, 15) is 13.2 Å². The van der Waals surface area contributed by atoms with Crippen LogP contribution in [0.4, 0.5) is 5.69 Å². The summed E-state index contributed by atoms with van der Waals surface area (Å²) in [6, 6.07) is 6.70. The zero-order valence-electron chi connectivity index (χ0n) is 14.8. The lowest BCUT2D eigenvalue weighted by atomic mass is 10.3. The number of hydrogen-bond donors (Lipinski definition) is 1. The lowest BCUT2D eigenvalue weighted by molar-refractivity contribution is -0.120. The Labute approximate surface area is 144 Å². The van der Waals surface area contributed by atoms with E-state index in [2.05, 4.69) is 5.32 Å². The maximum Gasteiger partial charge on any atom is 0.232 e. The second-order valence-electron chi connectivity index (χ2n) is 5.79. The SMILES string of the molecule is COc1ccc(N(CCC(=O)NCCCN(C)C)S(C)(=O)=O)cc1. The van der Waals surface area contributed by atoms with Gasteiger partial charge in [-0.15, -0.1) is 0 Å². The molecule has 0 atom stereocenters. The number of methoxy groups -OCH3 is 1. The molecule has 136 valence electrons. The van der Waals surface area contributed by atoms with Crippen molar-refractivity contribution in [2.24, 2.45) is 0 Å². The van der Waals surface area contributed by atoms with E-state index in [0.717, 1.165) is 19.2 Å². The van der Waals surface area contributed by atoms with Crippen LogP contribution in [0.2, 0.25) is 0 Å². The van der Waals surface area contributed by atoms with Crippen molar-refractivity contribution in [3.8, 4) is 5.75 Å². The summed E-state index contributed by atoms with van der Waals surface area (Å²) < 4.78 is 30.3. The first-order valence-corrected chi connectivity index (χ1v) is 9.62. The van der Waals surface area contributed by atoms with Crippen LogP contribution in [0.3, 0.4) is 0 Å². The first-order valence-electron chi connectivity index (χ1n) is 7.77. The Balaban J connectivity index is 2.59. The number of anilines is 1. The molecule has 7 nitrogen and oxygen atoms in total. The van der Waals surface area contributed by atoms with E-state index in [1.807, 2.05) is 19.0 Å². The number of hydrogen-bond acceptors (Lipinski definition) is 5. The van der Waals surface area contributed by atoms with Gasteiger partial charge in [-0.3, -0.25) is 9.10 Å². The fourth-order valence-corrected chi connectivity index (χ4v) is 3.08. The van der Waals surface area contributed by atoms with Crippen LogP contribution in [0, 0.1) is 0 Å². The summed E-state index contributed by atoms with van der Waals surface area (Å²) in [5.41, 5.74) is 0.513. The summed E-state index contributed by atoms with van der Waals surface area (Å²) in [4.78, 5) is 13.9. The van der Waals surface area contributed by atoms with Crippen LogP contribution in [-0.2, 0) is 14.8 Å². The molecular formula is C16H27N3O4S. The molecule has 0 heterocycles. The van der Waals surface area contributed by atoms with Crippen molar-refractivity contribution in [1.82, 2.24) is 10.2 Å². The van der Waals surface area contributed by atoms with Gasteiger partial charge >= 0.3 is 0 Å².